The number of nitrogens with zero attached hydrogens (tertiary/aromatic N) is 4. The maximum atomic E-state index is 12.5. The number of alkyl halides is 3. The molecule has 0 radical (unpaired) electrons. The summed E-state index contributed by atoms with van der Waals surface area (Å²) >= 11 is 0. The number of hydrogen-bond donors (Lipinski definition) is 1. The lowest BCUT2D eigenvalue weighted by Crippen LogP contribution is -2.33. The van der Waals surface area contributed by atoms with Crippen LogP contribution in [0.3, 0.4) is 0 Å². The lowest BCUT2D eigenvalue weighted by Gasteiger charge is -2.10. The van der Waals surface area contributed by atoms with Crippen LogP contribution >= 0.6 is 0 Å². The first-order valence-corrected chi connectivity index (χ1v) is 7.27. The molecule has 2 aromatic heterocycles. The van der Waals surface area contributed by atoms with E-state index in [0.717, 1.165) is 7.11 Å². The molecule has 2 N–H and O–H groups in total. The molecule has 0 saturated carbocycles. The van der Waals surface area contributed by atoms with Gasteiger partial charge in [0.1, 0.15) is 6.61 Å². The van der Waals surface area contributed by atoms with Crippen molar-refractivity contribution < 1.29 is 37.0 Å². The van der Waals surface area contributed by atoms with E-state index in [0.29, 0.717) is 4.73 Å². The van der Waals surface area contributed by atoms with Gasteiger partial charge in [0.25, 0.3) is 0 Å². The summed E-state index contributed by atoms with van der Waals surface area (Å²) in [7, 11) is 1.11. The first kappa shape index (κ1) is 19.5. The van der Waals surface area contributed by atoms with E-state index in [1.807, 2.05) is 13.8 Å². The van der Waals surface area contributed by atoms with E-state index < -0.39 is 18.2 Å². The van der Waals surface area contributed by atoms with Crippen molar-refractivity contribution in [3.63, 3.8) is 0 Å². The van der Waals surface area contributed by atoms with Crippen LogP contribution in [0, 0.1) is 0 Å². The summed E-state index contributed by atoms with van der Waals surface area (Å²) in [5.41, 5.74) is 5.26. The fraction of sp³-hybridized carbons (Fsp3) is 0.538. The van der Waals surface area contributed by atoms with Crippen LogP contribution in [-0.2, 0) is 9.53 Å². The van der Waals surface area contributed by atoms with Gasteiger partial charge < -0.3 is 24.8 Å². The van der Waals surface area contributed by atoms with Gasteiger partial charge in [0.2, 0.25) is 5.65 Å². The second kappa shape index (κ2) is 7.59. The summed E-state index contributed by atoms with van der Waals surface area (Å²) in [6, 6.07) is -0.729. The Bertz CT molecular complexity index is 793. The Morgan fingerprint density at radius 3 is 2.50 bits per heavy atom. The monoisotopic (exact) mass is 379 g/mol. The zero-order chi connectivity index (χ0) is 19.5. The molecule has 13 heteroatoms. The molecule has 0 amide bonds. The molecule has 0 aliphatic carbocycles. The van der Waals surface area contributed by atoms with Gasteiger partial charge in [-0.05, 0) is 13.8 Å². The van der Waals surface area contributed by atoms with Crippen molar-refractivity contribution in [1.82, 2.24) is 19.7 Å². The zero-order valence-electron chi connectivity index (χ0n) is 14.0. The number of nitrogens with two attached hydrogens (primary N) is 1. The van der Waals surface area contributed by atoms with Crippen molar-refractivity contribution in [1.29, 1.82) is 0 Å². The highest BCUT2D eigenvalue weighted by molar-refractivity contribution is 5.84. The van der Waals surface area contributed by atoms with Crippen LogP contribution in [0.2, 0.25) is 0 Å². The molecule has 10 nitrogen and oxygen atoms in total. The number of nitrogen functional groups attached to an aromatic ring is 1. The lowest BCUT2D eigenvalue weighted by molar-refractivity contribution is -0.199. The van der Waals surface area contributed by atoms with E-state index in [4.69, 9.17) is 19.9 Å². The van der Waals surface area contributed by atoms with E-state index in [2.05, 4.69) is 19.8 Å². The Balaban J connectivity index is 2.33. The Hall–Kier alpha value is -2.83. The Labute approximate surface area is 145 Å². The number of carbonyl (C=O) groups is 1. The standard InChI is InChI=1S/C13H16F3N5O5/c1-6(2)24-4-5-25-11-19-8(17)7-9(20-11)21(12(18-7)23-3)26-10(22)13(14,15)16/h6H,4-5H2,1-3H3,(H2,17,19,20). The van der Waals surface area contributed by atoms with Crippen LogP contribution in [0.1, 0.15) is 13.8 Å². The fourth-order valence-electron chi connectivity index (χ4n) is 1.75. The Morgan fingerprint density at radius 1 is 1.23 bits per heavy atom. The topological polar surface area (TPSA) is 124 Å². The molecule has 0 atom stereocenters. The number of anilines is 1. The van der Waals surface area contributed by atoms with Crippen LogP contribution in [0.25, 0.3) is 11.2 Å². The first-order chi connectivity index (χ1) is 12.1. The predicted octanol–water partition coefficient (Wildman–Crippen LogP) is 0.738. The van der Waals surface area contributed by atoms with Crippen LogP contribution in [-0.4, -0.2) is 58.3 Å². The van der Waals surface area contributed by atoms with Gasteiger partial charge in [-0.25, -0.2) is 4.79 Å². The highest BCUT2D eigenvalue weighted by Crippen LogP contribution is 2.25. The van der Waals surface area contributed by atoms with Crippen LogP contribution in [0.4, 0.5) is 19.0 Å². The molecule has 26 heavy (non-hydrogen) atoms. The third-order valence-electron chi connectivity index (χ3n) is 2.80. The first-order valence-electron chi connectivity index (χ1n) is 7.27. The van der Waals surface area contributed by atoms with Crippen LogP contribution in [0.15, 0.2) is 0 Å². The smallest absolute Gasteiger partial charge is 0.466 e. The van der Waals surface area contributed by atoms with Gasteiger partial charge in [0, 0.05) is 0 Å². The quantitative estimate of drug-likeness (QED) is 0.694. The molecular formula is C13H16F3N5O5. The van der Waals surface area contributed by atoms with E-state index in [-0.39, 0.29) is 42.3 Å². The Morgan fingerprint density at radius 2 is 1.92 bits per heavy atom. The number of rotatable bonds is 7. The molecule has 0 spiro atoms. The SMILES string of the molecule is COc1nc2c(N)nc(OCCOC(C)C)nc2n1OC(=O)C(F)(F)F. The normalized spacial score (nSPS) is 11.8. The third kappa shape index (κ3) is 4.41. The van der Waals surface area contributed by atoms with Gasteiger partial charge in [0.15, 0.2) is 11.3 Å². The predicted molar refractivity (Wildman–Crippen MR) is 80.5 cm³/mol. The van der Waals surface area contributed by atoms with E-state index >= 15 is 0 Å². The molecule has 0 saturated heterocycles. The second-order valence-electron chi connectivity index (χ2n) is 5.10. The molecule has 0 aliphatic heterocycles. The maximum absolute atomic E-state index is 12.5. The van der Waals surface area contributed by atoms with Crippen molar-refractivity contribution >= 4 is 23.0 Å². The summed E-state index contributed by atoms with van der Waals surface area (Å²) in [6.45, 7) is 3.96. The number of methoxy groups -OCH3 is 1. The van der Waals surface area contributed by atoms with Gasteiger partial charge in [0.05, 0.1) is 19.8 Å². The van der Waals surface area contributed by atoms with Crippen molar-refractivity contribution in [3.8, 4) is 12.0 Å². The highest BCUT2D eigenvalue weighted by atomic mass is 19.4. The van der Waals surface area contributed by atoms with Crippen molar-refractivity contribution in [2.45, 2.75) is 26.1 Å². The van der Waals surface area contributed by atoms with Gasteiger partial charge in [-0.15, -0.1) is 0 Å². The largest absolute Gasteiger partial charge is 0.493 e. The summed E-state index contributed by atoms with van der Waals surface area (Å²) in [6.07, 6.45) is -5.24. The number of fused-ring (bicyclic) bond motifs is 1. The molecule has 0 aromatic carbocycles. The van der Waals surface area contributed by atoms with Gasteiger partial charge >= 0.3 is 24.2 Å². The molecular weight excluding hydrogens is 363 g/mol. The lowest BCUT2D eigenvalue weighted by atomic mass is 10.5. The van der Waals surface area contributed by atoms with Crippen molar-refractivity contribution in [2.24, 2.45) is 0 Å². The number of hydrogen-bond acceptors (Lipinski definition) is 9. The van der Waals surface area contributed by atoms with E-state index in [1.54, 1.807) is 0 Å². The number of imidazole rings is 1. The Kier molecular flexibility index (Phi) is 5.69. The molecule has 0 fully saturated rings. The number of ether oxygens (including phenoxy) is 3. The van der Waals surface area contributed by atoms with Gasteiger partial charge in [-0.1, -0.05) is 4.73 Å². The molecule has 0 bridgehead atoms. The molecule has 0 aliphatic rings. The maximum Gasteiger partial charge on any atom is 0.493 e. The molecule has 0 unspecified atom stereocenters. The number of halogens is 3. The van der Waals surface area contributed by atoms with Crippen LogP contribution < -0.4 is 20.0 Å². The summed E-state index contributed by atoms with van der Waals surface area (Å²) in [4.78, 5) is 26.9. The fourth-order valence-corrected chi connectivity index (χ4v) is 1.75. The van der Waals surface area contributed by atoms with E-state index in [9.17, 15) is 18.0 Å². The minimum absolute atomic E-state index is 0.0143. The van der Waals surface area contributed by atoms with Crippen molar-refractivity contribution in [3.05, 3.63) is 0 Å². The summed E-state index contributed by atoms with van der Waals surface area (Å²) in [5.74, 6) is -2.69. The van der Waals surface area contributed by atoms with Gasteiger partial charge in [-0.2, -0.15) is 28.1 Å². The number of aromatic nitrogens is 4. The average molecular weight is 379 g/mol. The molecule has 2 aromatic rings. The van der Waals surface area contributed by atoms with E-state index in [1.165, 1.54) is 0 Å². The zero-order valence-corrected chi connectivity index (χ0v) is 14.0. The average Bonchev–Trinajstić information content (AvgIpc) is 2.89. The second-order valence-corrected chi connectivity index (χ2v) is 5.10. The van der Waals surface area contributed by atoms with Crippen LogP contribution in [0.5, 0.6) is 12.0 Å². The summed E-state index contributed by atoms with van der Waals surface area (Å²) in [5, 5.41) is 0. The number of carbonyl (C=O) groups excluding carboxylic acids is 1. The van der Waals surface area contributed by atoms with Gasteiger partial charge in [-0.3, -0.25) is 0 Å². The van der Waals surface area contributed by atoms with Crippen molar-refractivity contribution in [2.75, 3.05) is 26.1 Å². The third-order valence-corrected chi connectivity index (χ3v) is 2.80. The molecule has 144 valence electrons. The molecule has 2 heterocycles. The molecule has 2 rings (SSSR count). The minimum Gasteiger partial charge on any atom is -0.466 e. The highest BCUT2D eigenvalue weighted by Gasteiger charge is 2.43. The minimum atomic E-state index is -5.23. The summed E-state index contributed by atoms with van der Waals surface area (Å²) < 4.78 is 53.0.